The Hall–Kier alpha value is -1.13. The van der Waals surface area contributed by atoms with Gasteiger partial charge in [-0.15, -0.1) is 11.3 Å². The monoisotopic (exact) mass is 317 g/mol. The maximum atomic E-state index is 12.3. The number of aromatic carboxylic acids is 1. The quantitative estimate of drug-likeness (QED) is 0.901. The number of carboxylic acid groups (broad SMARTS) is 1. The molecule has 0 fully saturated rings. The van der Waals surface area contributed by atoms with Crippen molar-refractivity contribution in [2.45, 2.75) is 18.0 Å². The number of halogens is 3. The highest BCUT2D eigenvalue weighted by atomic mass is 32.2. The minimum absolute atomic E-state index is 0.248. The van der Waals surface area contributed by atoms with E-state index in [1.54, 1.807) is 0 Å². The SMILES string of the molecule is CCN(CC(F)(F)F)S(=O)(=O)c1csc(C(=O)O)c1. The molecule has 0 bridgehead atoms. The Labute approximate surface area is 111 Å². The molecular weight excluding hydrogens is 307 g/mol. The average molecular weight is 317 g/mol. The molecule has 5 nitrogen and oxygen atoms in total. The van der Waals surface area contributed by atoms with Crippen molar-refractivity contribution in [3.8, 4) is 0 Å². The summed E-state index contributed by atoms with van der Waals surface area (Å²) >= 11 is 0.644. The Morgan fingerprint density at radius 1 is 1.47 bits per heavy atom. The van der Waals surface area contributed by atoms with Crippen LogP contribution >= 0.6 is 11.3 Å². The second kappa shape index (κ2) is 5.47. The van der Waals surface area contributed by atoms with Crippen LogP contribution in [0.3, 0.4) is 0 Å². The van der Waals surface area contributed by atoms with Crippen LogP contribution in [0.5, 0.6) is 0 Å². The lowest BCUT2D eigenvalue weighted by molar-refractivity contribution is -0.135. The number of carbonyl (C=O) groups is 1. The van der Waals surface area contributed by atoms with Gasteiger partial charge in [0.25, 0.3) is 0 Å². The van der Waals surface area contributed by atoms with E-state index >= 15 is 0 Å². The summed E-state index contributed by atoms with van der Waals surface area (Å²) in [7, 11) is -4.34. The van der Waals surface area contributed by atoms with Crippen LogP contribution in [-0.2, 0) is 10.0 Å². The molecular formula is C9H10F3NO4S2. The van der Waals surface area contributed by atoms with Gasteiger partial charge in [0.1, 0.15) is 11.4 Å². The lowest BCUT2D eigenvalue weighted by Crippen LogP contribution is -2.38. The number of carboxylic acids is 1. The molecule has 0 radical (unpaired) electrons. The predicted octanol–water partition coefficient (Wildman–Crippen LogP) is 2.02. The largest absolute Gasteiger partial charge is 0.477 e. The first-order valence-electron chi connectivity index (χ1n) is 4.96. The van der Waals surface area contributed by atoms with Gasteiger partial charge in [0, 0.05) is 11.9 Å². The fourth-order valence-corrected chi connectivity index (χ4v) is 3.82. The standard InChI is InChI=1S/C9H10F3NO4S2/c1-2-13(5-9(10,11)12)19(16,17)6-3-7(8(14)15)18-4-6/h3-4H,2,5H2,1H3,(H,14,15). The molecule has 0 saturated carbocycles. The third-order valence-corrected chi connectivity index (χ3v) is 5.10. The highest BCUT2D eigenvalue weighted by Gasteiger charge is 2.36. The Morgan fingerprint density at radius 2 is 2.05 bits per heavy atom. The topological polar surface area (TPSA) is 74.7 Å². The number of rotatable bonds is 5. The van der Waals surface area contributed by atoms with Crippen molar-refractivity contribution in [3.05, 3.63) is 16.3 Å². The third kappa shape index (κ3) is 3.91. The van der Waals surface area contributed by atoms with E-state index < -0.39 is 33.6 Å². The minimum atomic E-state index is -4.66. The first kappa shape index (κ1) is 15.9. The molecule has 19 heavy (non-hydrogen) atoms. The maximum absolute atomic E-state index is 12.3. The molecule has 0 saturated heterocycles. The minimum Gasteiger partial charge on any atom is -0.477 e. The summed E-state index contributed by atoms with van der Waals surface area (Å²) < 4.78 is 60.9. The van der Waals surface area contributed by atoms with Gasteiger partial charge in [0.05, 0.1) is 4.90 Å². The average Bonchev–Trinajstić information content (AvgIpc) is 2.74. The summed E-state index contributed by atoms with van der Waals surface area (Å²) in [5, 5.41) is 9.68. The van der Waals surface area contributed by atoms with Gasteiger partial charge < -0.3 is 5.11 Å². The van der Waals surface area contributed by atoms with Gasteiger partial charge in [-0.25, -0.2) is 13.2 Å². The lowest BCUT2D eigenvalue weighted by Gasteiger charge is -2.21. The second-order valence-corrected chi connectivity index (χ2v) is 6.35. The fourth-order valence-electron chi connectivity index (χ4n) is 1.28. The van der Waals surface area contributed by atoms with Crippen LogP contribution in [0, 0.1) is 0 Å². The van der Waals surface area contributed by atoms with E-state index in [1.165, 1.54) is 6.92 Å². The number of hydrogen-bond acceptors (Lipinski definition) is 4. The van der Waals surface area contributed by atoms with Crippen molar-refractivity contribution >= 4 is 27.3 Å². The molecule has 0 atom stereocenters. The first-order chi connectivity index (χ1) is 8.58. The summed E-state index contributed by atoms with van der Waals surface area (Å²) in [6.45, 7) is -0.696. The van der Waals surface area contributed by atoms with E-state index in [4.69, 9.17) is 5.11 Å². The molecule has 0 aliphatic rings. The van der Waals surface area contributed by atoms with Crippen LogP contribution in [0.15, 0.2) is 16.3 Å². The Balaban J connectivity index is 3.10. The van der Waals surface area contributed by atoms with Crippen LogP contribution < -0.4 is 0 Å². The van der Waals surface area contributed by atoms with Crippen molar-refractivity contribution in [1.82, 2.24) is 4.31 Å². The Kier molecular flexibility index (Phi) is 4.59. The molecule has 0 amide bonds. The molecule has 0 spiro atoms. The fraction of sp³-hybridized carbons (Fsp3) is 0.444. The van der Waals surface area contributed by atoms with E-state index in [2.05, 4.69) is 0 Å². The predicted molar refractivity (Wildman–Crippen MR) is 61.8 cm³/mol. The van der Waals surface area contributed by atoms with Gasteiger partial charge in [0.2, 0.25) is 10.0 Å². The zero-order valence-corrected chi connectivity index (χ0v) is 11.3. The number of sulfonamides is 1. The molecule has 108 valence electrons. The van der Waals surface area contributed by atoms with Gasteiger partial charge >= 0.3 is 12.1 Å². The molecule has 0 aliphatic carbocycles. The lowest BCUT2D eigenvalue weighted by atomic mass is 10.5. The molecule has 0 aliphatic heterocycles. The van der Waals surface area contributed by atoms with Crippen molar-refractivity contribution in [1.29, 1.82) is 0 Å². The van der Waals surface area contributed by atoms with E-state index in [1.807, 2.05) is 0 Å². The van der Waals surface area contributed by atoms with Gasteiger partial charge in [0.15, 0.2) is 0 Å². The number of hydrogen-bond donors (Lipinski definition) is 1. The van der Waals surface area contributed by atoms with Gasteiger partial charge in [-0.3, -0.25) is 0 Å². The maximum Gasteiger partial charge on any atom is 0.402 e. The highest BCUT2D eigenvalue weighted by molar-refractivity contribution is 7.89. The third-order valence-electron chi connectivity index (χ3n) is 2.13. The van der Waals surface area contributed by atoms with Crippen molar-refractivity contribution < 1.29 is 31.5 Å². The molecule has 0 unspecified atom stereocenters. The van der Waals surface area contributed by atoms with Crippen LogP contribution in [0.1, 0.15) is 16.6 Å². The van der Waals surface area contributed by atoms with E-state index in [-0.39, 0.29) is 15.7 Å². The van der Waals surface area contributed by atoms with Crippen molar-refractivity contribution in [2.75, 3.05) is 13.1 Å². The molecule has 1 aromatic heterocycles. The first-order valence-corrected chi connectivity index (χ1v) is 7.28. The summed E-state index contributed by atoms with van der Waals surface area (Å²) in [5.74, 6) is -1.33. The molecule has 1 rings (SSSR count). The van der Waals surface area contributed by atoms with Crippen LogP contribution in [0.2, 0.25) is 0 Å². The second-order valence-electron chi connectivity index (χ2n) is 3.50. The summed E-state index contributed by atoms with van der Waals surface area (Å²) in [6.07, 6.45) is -4.66. The summed E-state index contributed by atoms with van der Waals surface area (Å²) in [5.41, 5.74) is 0. The van der Waals surface area contributed by atoms with E-state index in [9.17, 15) is 26.4 Å². The number of nitrogens with zero attached hydrogens (tertiary/aromatic N) is 1. The Bertz CT molecular complexity index is 564. The van der Waals surface area contributed by atoms with Crippen LogP contribution in [-0.4, -0.2) is 43.1 Å². The Morgan fingerprint density at radius 3 is 2.42 bits per heavy atom. The highest BCUT2D eigenvalue weighted by Crippen LogP contribution is 2.25. The normalized spacial score (nSPS) is 12.9. The van der Waals surface area contributed by atoms with Gasteiger partial charge in [-0.05, 0) is 6.07 Å². The zero-order valence-electron chi connectivity index (χ0n) is 9.64. The van der Waals surface area contributed by atoms with Gasteiger partial charge in [-0.2, -0.15) is 17.5 Å². The molecule has 1 heterocycles. The van der Waals surface area contributed by atoms with Crippen molar-refractivity contribution in [3.63, 3.8) is 0 Å². The molecule has 1 aromatic rings. The summed E-state index contributed by atoms with van der Waals surface area (Å²) in [6, 6.07) is 0.849. The zero-order chi connectivity index (χ0) is 14.8. The van der Waals surface area contributed by atoms with Gasteiger partial charge in [-0.1, -0.05) is 6.92 Å². The molecule has 10 heteroatoms. The van der Waals surface area contributed by atoms with Crippen LogP contribution in [0.25, 0.3) is 0 Å². The molecule has 1 N–H and O–H groups in total. The number of alkyl halides is 3. The van der Waals surface area contributed by atoms with Crippen LogP contribution in [0.4, 0.5) is 13.2 Å². The van der Waals surface area contributed by atoms with Crippen molar-refractivity contribution in [2.24, 2.45) is 0 Å². The van der Waals surface area contributed by atoms with E-state index in [0.29, 0.717) is 11.3 Å². The van der Waals surface area contributed by atoms with E-state index in [0.717, 1.165) is 11.4 Å². The molecule has 0 aromatic carbocycles. The summed E-state index contributed by atoms with van der Waals surface area (Å²) in [4.78, 5) is 9.94. The number of thiophene rings is 1. The smallest absolute Gasteiger partial charge is 0.402 e.